The SMILES string of the molecule is O=C(O)[C@H]1[C@H](C(=O)NC2CCCCCCC2)[C@H]2C=C[C@H]1O2. The van der Waals surface area contributed by atoms with Crippen molar-refractivity contribution in [2.24, 2.45) is 11.8 Å². The van der Waals surface area contributed by atoms with Crippen LogP contribution in [0, 0.1) is 11.8 Å². The third-order valence-corrected chi connectivity index (χ3v) is 4.94. The molecule has 1 saturated heterocycles. The molecule has 3 rings (SSSR count). The number of amides is 1. The zero-order chi connectivity index (χ0) is 14.8. The van der Waals surface area contributed by atoms with Gasteiger partial charge in [-0.05, 0) is 12.8 Å². The zero-order valence-electron chi connectivity index (χ0n) is 12.2. The normalized spacial score (nSPS) is 36.2. The summed E-state index contributed by atoms with van der Waals surface area (Å²) in [5, 5.41) is 12.4. The minimum Gasteiger partial charge on any atom is -0.481 e. The van der Waals surface area contributed by atoms with Crippen molar-refractivity contribution in [1.29, 1.82) is 0 Å². The average molecular weight is 293 g/mol. The maximum atomic E-state index is 12.5. The molecule has 0 spiro atoms. The van der Waals surface area contributed by atoms with Crippen LogP contribution in [-0.2, 0) is 14.3 Å². The Kier molecular flexibility index (Phi) is 4.29. The van der Waals surface area contributed by atoms with E-state index >= 15 is 0 Å². The van der Waals surface area contributed by atoms with E-state index in [-0.39, 0.29) is 18.1 Å². The number of hydrogen-bond acceptors (Lipinski definition) is 3. The van der Waals surface area contributed by atoms with E-state index in [1.807, 2.05) is 6.08 Å². The summed E-state index contributed by atoms with van der Waals surface area (Å²) >= 11 is 0. The van der Waals surface area contributed by atoms with Gasteiger partial charge in [0.1, 0.15) is 5.92 Å². The van der Waals surface area contributed by atoms with Crippen LogP contribution in [0.1, 0.15) is 44.9 Å². The summed E-state index contributed by atoms with van der Waals surface area (Å²) in [5.41, 5.74) is 0. The fourth-order valence-electron chi connectivity index (χ4n) is 3.81. The van der Waals surface area contributed by atoms with Crippen LogP contribution in [-0.4, -0.2) is 35.2 Å². The lowest BCUT2D eigenvalue weighted by atomic mass is 9.82. The number of rotatable bonds is 3. The molecule has 116 valence electrons. The van der Waals surface area contributed by atoms with Crippen molar-refractivity contribution in [3.05, 3.63) is 12.2 Å². The summed E-state index contributed by atoms with van der Waals surface area (Å²) in [6.07, 6.45) is 10.8. The van der Waals surface area contributed by atoms with Crippen LogP contribution >= 0.6 is 0 Å². The lowest BCUT2D eigenvalue weighted by molar-refractivity contribution is -0.146. The third kappa shape index (κ3) is 2.98. The van der Waals surface area contributed by atoms with Gasteiger partial charge in [-0.15, -0.1) is 0 Å². The second kappa shape index (κ2) is 6.18. The van der Waals surface area contributed by atoms with Gasteiger partial charge in [0.05, 0.1) is 18.1 Å². The number of carboxylic acid groups (broad SMARTS) is 1. The van der Waals surface area contributed by atoms with E-state index < -0.39 is 23.9 Å². The molecule has 2 aliphatic heterocycles. The van der Waals surface area contributed by atoms with Gasteiger partial charge in [0.25, 0.3) is 0 Å². The van der Waals surface area contributed by atoms with Gasteiger partial charge in [-0.1, -0.05) is 44.3 Å². The first-order valence-corrected chi connectivity index (χ1v) is 8.04. The number of nitrogens with one attached hydrogen (secondary N) is 1. The van der Waals surface area contributed by atoms with Crippen LogP contribution in [0.4, 0.5) is 0 Å². The first kappa shape index (κ1) is 14.6. The van der Waals surface area contributed by atoms with Crippen molar-refractivity contribution in [1.82, 2.24) is 5.32 Å². The summed E-state index contributed by atoms with van der Waals surface area (Å²) in [4.78, 5) is 23.9. The average Bonchev–Trinajstić information content (AvgIpc) is 3.01. The van der Waals surface area contributed by atoms with Gasteiger partial charge in [-0.2, -0.15) is 0 Å². The smallest absolute Gasteiger partial charge is 0.310 e. The topological polar surface area (TPSA) is 75.6 Å². The van der Waals surface area contributed by atoms with E-state index in [1.165, 1.54) is 19.3 Å². The maximum Gasteiger partial charge on any atom is 0.310 e. The monoisotopic (exact) mass is 293 g/mol. The molecule has 1 aliphatic carbocycles. The molecule has 3 aliphatic rings. The molecule has 21 heavy (non-hydrogen) atoms. The van der Waals surface area contributed by atoms with Crippen LogP contribution < -0.4 is 5.32 Å². The van der Waals surface area contributed by atoms with Crippen molar-refractivity contribution in [2.45, 2.75) is 63.2 Å². The van der Waals surface area contributed by atoms with Crippen molar-refractivity contribution in [2.75, 3.05) is 0 Å². The standard InChI is InChI=1S/C16H23NO4/c18-15(17-10-6-4-2-1-3-5-7-10)13-11-8-9-12(21-11)14(13)16(19)20/h8-14H,1-7H2,(H,17,18)(H,19,20)/t11-,12-,13-,14-/m1/s1. The van der Waals surface area contributed by atoms with Gasteiger partial charge in [0.15, 0.2) is 0 Å². The van der Waals surface area contributed by atoms with Crippen molar-refractivity contribution in [3.8, 4) is 0 Å². The summed E-state index contributed by atoms with van der Waals surface area (Å²) < 4.78 is 5.56. The van der Waals surface area contributed by atoms with Gasteiger partial charge in [-0.25, -0.2) is 0 Å². The number of aliphatic carboxylic acids is 1. The highest BCUT2D eigenvalue weighted by Gasteiger charge is 2.53. The fraction of sp³-hybridized carbons (Fsp3) is 0.750. The number of carbonyl (C=O) groups is 2. The molecule has 4 atom stereocenters. The van der Waals surface area contributed by atoms with E-state index in [4.69, 9.17) is 4.74 Å². The predicted molar refractivity (Wildman–Crippen MR) is 76.7 cm³/mol. The zero-order valence-corrected chi connectivity index (χ0v) is 12.2. The Balaban J connectivity index is 1.64. The number of fused-ring (bicyclic) bond motifs is 2. The predicted octanol–water partition coefficient (Wildman–Crippen LogP) is 1.87. The summed E-state index contributed by atoms with van der Waals surface area (Å²) in [7, 11) is 0. The Morgan fingerprint density at radius 2 is 1.52 bits per heavy atom. The molecule has 0 aromatic heterocycles. The van der Waals surface area contributed by atoms with Crippen LogP contribution in [0.15, 0.2) is 12.2 Å². The Hall–Kier alpha value is -1.36. The van der Waals surface area contributed by atoms with Gasteiger partial charge in [0.2, 0.25) is 5.91 Å². The molecule has 0 aromatic rings. The molecule has 0 radical (unpaired) electrons. The first-order chi connectivity index (χ1) is 10.2. The van der Waals surface area contributed by atoms with Gasteiger partial charge in [-0.3, -0.25) is 9.59 Å². The lowest BCUT2D eigenvalue weighted by Crippen LogP contribution is -2.46. The Morgan fingerprint density at radius 3 is 2.14 bits per heavy atom. The highest BCUT2D eigenvalue weighted by Crippen LogP contribution is 2.39. The van der Waals surface area contributed by atoms with E-state index in [9.17, 15) is 14.7 Å². The quantitative estimate of drug-likeness (QED) is 0.779. The molecule has 5 nitrogen and oxygen atoms in total. The molecule has 1 amide bonds. The van der Waals surface area contributed by atoms with E-state index in [2.05, 4.69) is 5.32 Å². The van der Waals surface area contributed by atoms with Crippen LogP contribution in [0.5, 0.6) is 0 Å². The highest BCUT2D eigenvalue weighted by molar-refractivity contribution is 5.87. The molecule has 0 aromatic carbocycles. The van der Waals surface area contributed by atoms with E-state index in [1.54, 1.807) is 6.08 Å². The molecule has 0 unspecified atom stereocenters. The van der Waals surface area contributed by atoms with Crippen molar-refractivity contribution in [3.63, 3.8) is 0 Å². The second-order valence-corrected chi connectivity index (χ2v) is 6.39. The maximum absolute atomic E-state index is 12.5. The molecule has 2 N–H and O–H groups in total. The summed E-state index contributed by atoms with van der Waals surface area (Å²) in [6.45, 7) is 0. The Labute approximate surface area is 124 Å². The molecular weight excluding hydrogens is 270 g/mol. The second-order valence-electron chi connectivity index (χ2n) is 6.39. The number of hydrogen-bond donors (Lipinski definition) is 2. The van der Waals surface area contributed by atoms with E-state index in [0.29, 0.717) is 0 Å². The number of ether oxygens (including phenoxy) is 1. The van der Waals surface area contributed by atoms with Crippen LogP contribution in [0.3, 0.4) is 0 Å². The third-order valence-electron chi connectivity index (χ3n) is 4.94. The fourth-order valence-corrected chi connectivity index (χ4v) is 3.81. The van der Waals surface area contributed by atoms with Crippen molar-refractivity contribution >= 4 is 11.9 Å². The highest BCUT2D eigenvalue weighted by atomic mass is 16.5. The van der Waals surface area contributed by atoms with Crippen molar-refractivity contribution < 1.29 is 19.4 Å². The lowest BCUT2D eigenvalue weighted by Gasteiger charge is -2.26. The minimum atomic E-state index is -0.940. The Bertz CT molecular complexity index is 440. The van der Waals surface area contributed by atoms with Gasteiger partial charge < -0.3 is 15.2 Å². The molecule has 5 heteroatoms. The van der Waals surface area contributed by atoms with Crippen LogP contribution in [0.25, 0.3) is 0 Å². The molecular formula is C16H23NO4. The number of carbonyl (C=O) groups excluding carboxylic acids is 1. The molecule has 2 fully saturated rings. The largest absolute Gasteiger partial charge is 0.481 e. The molecule has 1 saturated carbocycles. The molecule has 2 heterocycles. The number of carboxylic acids is 1. The summed E-state index contributed by atoms with van der Waals surface area (Å²) in [6, 6.07) is 0.190. The van der Waals surface area contributed by atoms with Gasteiger partial charge in [0, 0.05) is 6.04 Å². The Morgan fingerprint density at radius 1 is 0.952 bits per heavy atom. The summed E-state index contributed by atoms with van der Waals surface area (Å²) in [5.74, 6) is -2.41. The van der Waals surface area contributed by atoms with Crippen LogP contribution in [0.2, 0.25) is 0 Å². The first-order valence-electron chi connectivity index (χ1n) is 8.04. The van der Waals surface area contributed by atoms with Gasteiger partial charge >= 0.3 is 5.97 Å². The minimum absolute atomic E-state index is 0.148. The molecule has 2 bridgehead atoms. The van der Waals surface area contributed by atoms with E-state index in [0.717, 1.165) is 25.7 Å².